The molecule has 19 heavy (non-hydrogen) atoms. The first-order valence-electron chi connectivity index (χ1n) is 6.71. The minimum atomic E-state index is -0.783. The average Bonchev–Trinajstić information content (AvgIpc) is 2.42. The van der Waals surface area contributed by atoms with Crippen LogP contribution in [0.1, 0.15) is 32.6 Å². The van der Waals surface area contributed by atoms with Gasteiger partial charge in [-0.25, -0.2) is 8.78 Å². The lowest BCUT2D eigenvalue weighted by atomic mass is 10.0. The van der Waals surface area contributed by atoms with Crippen molar-refractivity contribution in [2.45, 2.75) is 44.8 Å². The number of ether oxygens (including phenoxy) is 1. The van der Waals surface area contributed by atoms with E-state index < -0.39 is 11.6 Å². The Morgan fingerprint density at radius 2 is 2.16 bits per heavy atom. The maximum absolute atomic E-state index is 13.1. The van der Waals surface area contributed by atoms with E-state index in [2.05, 4.69) is 6.92 Å². The molecule has 0 saturated carbocycles. The Kier molecular flexibility index (Phi) is 5.13. The van der Waals surface area contributed by atoms with Crippen LogP contribution in [0.3, 0.4) is 0 Å². The molecule has 0 bridgehead atoms. The fourth-order valence-electron chi connectivity index (χ4n) is 2.16. The zero-order valence-corrected chi connectivity index (χ0v) is 12.1. The lowest BCUT2D eigenvalue weighted by Crippen LogP contribution is -2.23. The summed E-state index contributed by atoms with van der Waals surface area (Å²) < 4.78 is 31.6. The standard InChI is InChI=1S/C15H18F2OSi/c1-2-3-11-4-5-12(18-9-11)10-19-13-6-7-14(16)15(17)8-13/h6-9,12H,2-5,10H2,1H3. The van der Waals surface area contributed by atoms with Crippen LogP contribution in [0.15, 0.2) is 30.0 Å². The average molecular weight is 280 g/mol. The molecule has 2 radical (unpaired) electrons. The van der Waals surface area contributed by atoms with Crippen molar-refractivity contribution in [3.05, 3.63) is 41.7 Å². The first kappa shape index (κ1) is 14.3. The van der Waals surface area contributed by atoms with E-state index in [0.29, 0.717) is 9.52 Å². The van der Waals surface area contributed by atoms with E-state index in [1.165, 1.54) is 17.7 Å². The SMILES string of the molecule is CCCC1=COC(C[Si]c2ccc(F)c(F)c2)CC1. The van der Waals surface area contributed by atoms with Crippen LogP contribution in [-0.4, -0.2) is 15.6 Å². The van der Waals surface area contributed by atoms with Gasteiger partial charge in [0.2, 0.25) is 0 Å². The third-order valence-corrected chi connectivity index (χ3v) is 4.62. The van der Waals surface area contributed by atoms with E-state index in [1.807, 2.05) is 6.26 Å². The second-order valence-electron chi connectivity index (χ2n) is 4.83. The number of rotatable bonds is 5. The first-order valence-corrected chi connectivity index (χ1v) is 7.92. The Bertz CT molecular complexity index is 459. The minimum absolute atomic E-state index is 0.215. The van der Waals surface area contributed by atoms with Crippen LogP contribution in [0.5, 0.6) is 0 Å². The van der Waals surface area contributed by atoms with Crippen molar-refractivity contribution in [1.82, 2.24) is 0 Å². The molecule has 1 atom stereocenters. The molecule has 1 aromatic rings. The van der Waals surface area contributed by atoms with E-state index in [0.717, 1.165) is 36.9 Å². The van der Waals surface area contributed by atoms with Crippen molar-refractivity contribution in [2.24, 2.45) is 0 Å². The molecular formula is C15H18F2OSi. The summed E-state index contributed by atoms with van der Waals surface area (Å²) in [5.74, 6) is -1.55. The van der Waals surface area contributed by atoms with E-state index in [4.69, 9.17) is 4.74 Å². The minimum Gasteiger partial charge on any atom is -0.498 e. The second-order valence-corrected chi connectivity index (χ2v) is 6.17. The zero-order chi connectivity index (χ0) is 13.7. The third-order valence-electron chi connectivity index (χ3n) is 3.24. The van der Waals surface area contributed by atoms with Gasteiger partial charge in [-0.1, -0.05) is 24.6 Å². The van der Waals surface area contributed by atoms with Crippen LogP contribution in [0.4, 0.5) is 8.78 Å². The van der Waals surface area contributed by atoms with Crippen molar-refractivity contribution in [3.8, 4) is 0 Å². The number of allylic oxidation sites excluding steroid dienone is 1. The van der Waals surface area contributed by atoms with Crippen molar-refractivity contribution in [1.29, 1.82) is 0 Å². The van der Waals surface area contributed by atoms with Gasteiger partial charge in [-0.2, -0.15) is 0 Å². The highest BCUT2D eigenvalue weighted by atomic mass is 28.2. The Balaban J connectivity index is 1.82. The Morgan fingerprint density at radius 1 is 1.32 bits per heavy atom. The van der Waals surface area contributed by atoms with E-state index in [1.54, 1.807) is 6.07 Å². The Morgan fingerprint density at radius 3 is 2.79 bits per heavy atom. The van der Waals surface area contributed by atoms with E-state index in [9.17, 15) is 8.78 Å². The predicted molar refractivity (Wildman–Crippen MR) is 73.7 cm³/mol. The number of benzene rings is 1. The van der Waals surface area contributed by atoms with E-state index >= 15 is 0 Å². The van der Waals surface area contributed by atoms with Crippen LogP contribution in [0, 0.1) is 11.6 Å². The Labute approximate surface area is 115 Å². The van der Waals surface area contributed by atoms with Gasteiger partial charge in [0, 0.05) is 0 Å². The normalized spacial score (nSPS) is 18.9. The van der Waals surface area contributed by atoms with Crippen molar-refractivity contribution < 1.29 is 13.5 Å². The quantitative estimate of drug-likeness (QED) is 0.749. The molecule has 0 N–H and O–H groups in total. The van der Waals surface area contributed by atoms with Crippen molar-refractivity contribution in [2.75, 3.05) is 0 Å². The molecule has 4 heteroatoms. The molecule has 0 saturated heterocycles. The molecule has 2 rings (SSSR count). The predicted octanol–water partition coefficient (Wildman–Crippen LogP) is 3.58. The van der Waals surface area contributed by atoms with Gasteiger partial charge in [0.05, 0.1) is 21.9 Å². The fourth-order valence-corrected chi connectivity index (χ4v) is 3.35. The molecule has 1 nitrogen and oxygen atoms in total. The topological polar surface area (TPSA) is 9.23 Å². The summed E-state index contributed by atoms with van der Waals surface area (Å²) in [7, 11) is 0.460. The van der Waals surface area contributed by atoms with Crippen LogP contribution < -0.4 is 5.19 Å². The van der Waals surface area contributed by atoms with Gasteiger partial charge >= 0.3 is 0 Å². The highest BCUT2D eigenvalue weighted by molar-refractivity contribution is 6.53. The zero-order valence-electron chi connectivity index (χ0n) is 11.1. The molecule has 102 valence electrons. The molecule has 1 unspecified atom stereocenters. The Hall–Kier alpha value is -1.16. The van der Waals surface area contributed by atoms with Crippen LogP contribution in [-0.2, 0) is 4.74 Å². The third kappa shape index (κ3) is 4.16. The molecule has 1 aliphatic heterocycles. The maximum Gasteiger partial charge on any atom is 0.158 e. The lowest BCUT2D eigenvalue weighted by molar-refractivity contribution is 0.135. The first-order chi connectivity index (χ1) is 9.19. The summed E-state index contributed by atoms with van der Waals surface area (Å²) >= 11 is 0. The van der Waals surface area contributed by atoms with Crippen molar-refractivity contribution >= 4 is 14.7 Å². The molecule has 0 amide bonds. The highest BCUT2D eigenvalue weighted by Gasteiger charge is 2.15. The molecule has 1 aromatic carbocycles. The highest BCUT2D eigenvalue weighted by Crippen LogP contribution is 2.22. The van der Waals surface area contributed by atoms with Gasteiger partial charge in [0.15, 0.2) is 11.6 Å². The summed E-state index contributed by atoms with van der Waals surface area (Å²) in [6.45, 7) is 2.16. The van der Waals surface area contributed by atoms with Gasteiger partial charge < -0.3 is 4.74 Å². The van der Waals surface area contributed by atoms with Gasteiger partial charge in [0.25, 0.3) is 0 Å². The summed E-state index contributed by atoms with van der Waals surface area (Å²) in [6.07, 6.45) is 6.50. The number of hydrogen-bond acceptors (Lipinski definition) is 1. The van der Waals surface area contributed by atoms with Gasteiger partial charge in [-0.15, -0.1) is 0 Å². The van der Waals surface area contributed by atoms with Gasteiger partial charge in [-0.3, -0.25) is 0 Å². The van der Waals surface area contributed by atoms with E-state index in [-0.39, 0.29) is 6.10 Å². The van der Waals surface area contributed by atoms with Crippen LogP contribution in [0.2, 0.25) is 6.04 Å². The largest absolute Gasteiger partial charge is 0.498 e. The summed E-state index contributed by atoms with van der Waals surface area (Å²) in [5.41, 5.74) is 1.38. The second kappa shape index (κ2) is 6.85. The monoisotopic (exact) mass is 280 g/mol. The smallest absolute Gasteiger partial charge is 0.158 e. The molecule has 1 heterocycles. The molecule has 0 aliphatic carbocycles. The summed E-state index contributed by atoms with van der Waals surface area (Å²) in [5, 5.41) is 0.853. The number of hydrogen-bond donors (Lipinski definition) is 0. The fraction of sp³-hybridized carbons (Fsp3) is 0.467. The lowest BCUT2D eigenvalue weighted by Gasteiger charge is -2.22. The van der Waals surface area contributed by atoms with Crippen LogP contribution >= 0.6 is 0 Å². The summed E-state index contributed by atoms with van der Waals surface area (Å²) in [6, 6.07) is 5.01. The molecular weight excluding hydrogens is 262 g/mol. The molecule has 0 spiro atoms. The molecule has 0 aromatic heterocycles. The van der Waals surface area contributed by atoms with Crippen molar-refractivity contribution in [3.63, 3.8) is 0 Å². The van der Waals surface area contributed by atoms with Gasteiger partial charge in [0.1, 0.15) is 0 Å². The summed E-state index contributed by atoms with van der Waals surface area (Å²) in [4.78, 5) is 0. The molecule has 1 aliphatic rings. The van der Waals surface area contributed by atoms with Gasteiger partial charge in [-0.05, 0) is 43.0 Å². The molecule has 0 fully saturated rings. The van der Waals surface area contributed by atoms with Crippen LogP contribution in [0.25, 0.3) is 0 Å². The number of halogens is 2. The maximum atomic E-state index is 13.1.